The second-order valence-corrected chi connectivity index (χ2v) is 4.09. The van der Waals surface area contributed by atoms with E-state index in [2.05, 4.69) is 19.2 Å². The lowest BCUT2D eigenvalue weighted by Gasteiger charge is -2.29. The maximum atomic E-state index is 3.62. The molecule has 1 rings (SSSR count). The molecule has 2 unspecified atom stereocenters. The van der Waals surface area contributed by atoms with E-state index < -0.39 is 0 Å². The van der Waals surface area contributed by atoms with E-state index in [4.69, 9.17) is 0 Å². The molecule has 0 spiro atoms. The first-order valence-electron chi connectivity index (χ1n) is 5.60. The molecular formula is C11H23N. The highest BCUT2D eigenvalue weighted by atomic mass is 14.9. The lowest BCUT2D eigenvalue weighted by atomic mass is 9.88. The summed E-state index contributed by atoms with van der Waals surface area (Å²) in [5.74, 6) is 1.01. The number of piperidine rings is 1. The Kier molecular flexibility index (Phi) is 4.67. The summed E-state index contributed by atoms with van der Waals surface area (Å²) in [6.07, 6.45) is 8.34. The molecule has 0 radical (unpaired) electrons. The van der Waals surface area contributed by atoms with Gasteiger partial charge < -0.3 is 5.32 Å². The highest BCUT2D eigenvalue weighted by Crippen LogP contribution is 2.21. The molecular weight excluding hydrogens is 146 g/mol. The maximum Gasteiger partial charge on any atom is 0.00697 e. The summed E-state index contributed by atoms with van der Waals surface area (Å²) in [5.41, 5.74) is 0. The Morgan fingerprint density at radius 2 is 2.17 bits per heavy atom. The molecule has 0 aromatic heterocycles. The summed E-state index contributed by atoms with van der Waals surface area (Å²) < 4.78 is 0. The second-order valence-electron chi connectivity index (χ2n) is 4.09. The van der Waals surface area contributed by atoms with Crippen LogP contribution >= 0.6 is 0 Å². The molecule has 0 amide bonds. The van der Waals surface area contributed by atoms with Crippen molar-refractivity contribution in [1.29, 1.82) is 0 Å². The van der Waals surface area contributed by atoms with E-state index >= 15 is 0 Å². The molecule has 2 atom stereocenters. The molecule has 1 N–H and O–H groups in total. The highest BCUT2D eigenvalue weighted by molar-refractivity contribution is 4.77. The molecule has 72 valence electrons. The van der Waals surface area contributed by atoms with Crippen molar-refractivity contribution in [2.24, 2.45) is 5.92 Å². The third-order valence-corrected chi connectivity index (χ3v) is 3.09. The Balaban J connectivity index is 2.16. The fraction of sp³-hybridized carbons (Fsp3) is 1.00. The van der Waals surface area contributed by atoms with Crippen LogP contribution in [-0.4, -0.2) is 12.6 Å². The smallest absolute Gasteiger partial charge is 0.00697 e. The molecule has 0 aromatic carbocycles. The van der Waals surface area contributed by atoms with Crippen LogP contribution in [0.25, 0.3) is 0 Å². The van der Waals surface area contributed by atoms with Crippen molar-refractivity contribution in [3.8, 4) is 0 Å². The van der Waals surface area contributed by atoms with E-state index in [0.29, 0.717) is 0 Å². The Morgan fingerprint density at radius 3 is 2.83 bits per heavy atom. The highest BCUT2D eigenvalue weighted by Gasteiger charge is 2.18. The fourth-order valence-corrected chi connectivity index (χ4v) is 2.14. The summed E-state index contributed by atoms with van der Waals surface area (Å²) in [6, 6.07) is 0.837. The third-order valence-electron chi connectivity index (χ3n) is 3.09. The minimum atomic E-state index is 0.837. The van der Waals surface area contributed by atoms with Gasteiger partial charge in [0, 0.05) is 6.04 Å². The zero-order valence-electron chi connectivity index (χ0n) is 8.60. The van der Waals surface area contributed by atoms with Crippen LogP contribution in [-0.2, 0) is 0 Å². The first-order chi connectivity index (χ1) is 5.86. The van der Waals surface area contributed by atoms with E-state index in [0.717, 1.165) is 12.0 Å². The normalized spacial score (nSPS) is 30.5. The standard InChI is InChI=1S/C11H23N/c1-3-5-6-11-9-10(4-2)7-8-12-11/h10-12H,3-9H2,1-2H3. The molecule has 0 aliphatic carbocycles. The molecule has 1 aliphatic rings. The van der Waals surface area contributed by atoms with E-state index in [-0.39, 0.29) is 0 Å². The van der Waals surface area contributed by atoms with Gasteiger partial charge in [0.1, 0.15) is 0 Å². The van der Waals surface area contributed by atoms with Gasteiger partial charge in [-0.2, -0.15) is 0 Å². The van der Waals surface area contributed by atoms with Crippen LogP contribution in [0.1, 0.15) is 52.4 Å². The molecule has 1 heteroatoms. The van der Waals surface area contributed by atoms with Crippen molar-refractivity contribution in [3.05, 3.63) is 0 Å². The third kappa shape index (κ3) is 3.14. The van der Waals surface area contributed by atoms with E-state index in [1.807, 2.05) is 0 Å². The molecule has 0 bridgehead atoms. The molecule has 1 nitrogen and oxygen atoms in total. The zero-order chi connectivity index (χ0) is 8.81. The van der Waals surface area contributed by atoms with Crippen LogP contribution in [0.3, 0.4) is 0 Å². The molecule has 1 saturated heterocycles. The molecule has 0 aromatic rings. The molecule has 12 heavy (non-hydrogen) atoms. The number of rotatable bonds is 4. The number of nitrogens with one attached hydrogen (secondary N) is 1. The summed E-state index contributed by atoms with van der Waals surface area (Å²) in [7, 11) is 0. The van der Waals surface area contributed by atoms with Gasteiger partial charge in [0.25, 0.3) is 0 Å². The average molecular weight is 169 g/mol. The molecule has 1 heterocycles. The Hall–Kier alpha value is -0.0400. The molecule has 1 aliphatic heterocycles. The van der Waals surface area contributed by atoms with Gasteiger partial charge in [-0.15, -0.1) is 0 Å². The van der Waals surface area contributed by atoms with Gasteiger partial charge in [0.2, 0.25) is 0 Å². The van der Waals surface area contributed by atoms with Crippen molar-refractivity contribution < 1.29 is 0 Å². The number of hydrogen-bond acceptors (Lipinski definition) is 1. The molecule has 1 fully saturated rings. The second kappa shape index (κ2) is 5.58. The van der Waals surface area contributed by atoms with E-state index in [9.17, 15) is 0 Å². The van der Waals surface area contributed by atoms with E-state index in [1.54, 1.807) is 0 Å². The van der Waals surface area contributed by atoms with Crippen LogP contribution in [0.5, 0.6) is 0 Å². The maximum absolute atomic E-state index is 3.62. The first kappa shape index (κ1) is 10.0. The average Bonchev–Trinajstić information content (AvgIpc) is 2.15. The first-order valence-corrected chi connectivity index (χ1v) is 5.60. The Morgan fingerprint density at radius 1 is 1.33 bits per heavy atom. The zero-order valence-corrected chi connectivity index (χ0v) is 8.60. The van der Waals surface area contributed by atoms with Crippen LogP contribution < -0.4 is 5.32 Å². The van der Waals surface area contributed by atoms with Crippen LogP contribution in [0.15, 0.2) is 0 Å². The fourth-order valence-electron chi connectivity index (χ4n) is 2.14. The van der Waals surface area contributed by atoms with Gasteiger partial charge in [0.15, 0.2) is 0 Å². The summed E-state index contributed by atoms with van der Waals surface area (Å²) >= 11 is 0. The van der Waals surface area contributed by atoms with Gasteiger partial charge in [-0.05, 0) is 31.7 Å². The van der Waals surface area contributed by atoms with Gasteiger partial charge >= 0.3 is 0 Å². The van der Waals surface area contributed by atoms with Crippen molar-refractivity contribution in [1.82, 2.24) is 5.32 Å². The summed E-state index contributed by atoms with van der Waals surface area (Å²) in [4.78, 5) is 0. The quantitative estimate of drug-likeness (QED) is 0.682. The monoisotopic (exact) mass is 169 g/mol. The summed E-state index contributed by atoms with van der Waals surface area (Å²) in [5, 5.41) is 3.62. The lowest BCUT2D eigenvalue weighted by Crippen LogP contribution is -2.37. The van der Waals surface area contributed by atoms with Crippen LogP contribution in [0, 0.1) is 5.92 Å². The van der Waals surface area contributed by atoms with Crippen LogP contribution in [0.4, 0.5) is 0 Å². The Labute approximate surface area is 76.9 Å². The Bertz CT molecular complexity index is 112. The van der Waals surface area contributed by atoms with Gasteiger partial charge in [-0.25, -0.2) is 0 Å². The van der Waals surface area contributed by atoms with Gasteiger partial charge in [-0.3, -0.25) is 0 Å². The van der Waals surface area contributed by atoms with Gasteiger partial charge in [-0.1, -0.05) is 33.1 Å². The number of unbranched alkanes of at least 4 members (excludes halogenated alkanes) is 1. The van der Waals surface area contributed by atoms with E-state index in [1.165, 1.54) is 45.1 Å². The van der Waals surface area contributed by atoms with Crippen molar-refractivity contribution in [2.75, 3.05) is 6.54 Å². The minimum Gasteiger partial charge on any atom is -0.314 e. The van der Waals surface area contributed by atoms with Crippen molar-refractivity contribution >= 4 is 0 Å². The predicted octanol–water partition coefficient (Wildman–Crippen LogP) is 2.95. The SMILES string of the molecule is CCCCC1CC(CC)CCN1. The topological polar surface area (TPSA) is 12.0 Å². The largest absolute Gasteiger partial charge is 0.314 e. The summed E-state index contributed by atoms with van der Waals surface area (Å²) in [6.45, 7) is 5.86. The number of hydrogen-bond donors (Lipinski definition) is 1. The van der Waals surface area contributed by atoms with Crippen molar-refractivity contribution in [2.45, 2.75) is 58.4 Å². The van der Waals surface area contributed by atoms with Crippen LogP contribution in [0.2, 0.25) is 0 Å². The lowest BCUT2D eigenvalue weighted by molar-refractivity contribution is 0.281. The predicted molar refractivity (Wildman–Crippen MR) is 54.3 cm³/mol. The minimum absolute atomic E-state index is 0.837. The molecule has 0 saturated carbocycles. The van der Waals surface area contributed by atoms with Gasteiger partial charge in [0.05, 0.1) is 0 Å². The van der Waals surface area contributed by atoms with Crippen molar-refractivity contribution in [3.63, 3.8) is 0 Å².